The summed E-state index contributed by atoms with van der Waals surface area (Å²) < 4.78 is 15.8. The van der Waals surface area contributed by atoms with E-state index in [1.165, 1.54) is 0 Å². The lowest BCUT2D eigenvalue weighted by Gasteiger charge is -2.13. The van der Waals surface area contributed by atoms with Crippen LogP contribution in [-0.2, 0) is 0 Å². The molecule has 0 aromatic heterocycles. The van der Waals surface area contributed by atoms with Gasteiger partial charge in [-0.3, -0.25) is 4.79 Å². The second-order valence-corrected chi connectivity index (χ2v) is 5.42. The highest BCUT2D eigenvalue weighted by molar-refractivity contribution is 6.10. The van der Waals surface area contributed by atoms with Gasteiger partial charge in [0.05, 0.1) is 21.3 Å². The summed E-state index contributed by atoms with van der Waals surface area (Å²) in [5.74, 6) is 1.64. The van der Waals surface area contributed by atoms with Crippen LogP contribution in [0.2, 0.25) is 0 Å². The van der Waals surface area contributed by atoms with Crippen molar-refractivity contribution in [2.75, 3.05) is 26.6 Å². The molecule has 3 aromatic rings. The van der Waals surface area contributed by atoms with Crippen LogP contribution >= 0.6 is 0 Å². The Balaban J connectivity index is 1.98. The van der Waals surface area contributed by atoms with E-state index in [4.69, 9.17) is 14.2 Å². The minimum Gasteiger partial charge on any atom is -0.497 e. The second-order valence-electron chi connectivity index (χ2n) is 5.42. The Morgan fingerprint density at radius 1 is 0.800 bits per heavy atom. The largest absolute Gasteiger partial charge is 0.497 e. The minimum atomic E-state index is -0.243. The number of methoxy groups -OCH3 is 3. The maximum absolute atomic E-state index is 12.7. The van der Waals surface area contributed by atoms with Crippen LogP contribution in [0.3, 0.4) is 0 Å². The van der Waals surface area contributed by atoms with Crippen LogP contribution < -0.4 is 19.5 Å². The fourth-order valence-corrected chi connectivity index (χ4v) is 2.69. The van der Waals surface area contributed by atoms with Crippen molar-refractivity contribution in [3.05, 3.63) is 60.2 Å². The van der Waals surface area contributed by atoms with E-state index in [1.54, 1.807) is 39.5 Å². The van der Waals surface area contributed by atoms with Crippen LogP contribution in [0.5, 0.6) is 17.2 Å². The Hall–Kier alpha value is -3.21. The van der Waals surface area contributed by atoms with E-state index >= 15 is 0 Å². The summed E-state index contributed by atoms with van der Waals surface area (Å²) in [6.45, 7) is 0. The first-order chi connectivity index (χ1) is 12.2. The number of anilines is 1. The Morgan fingerprint density at radius 3 is 2.04 bits per heavy atom. The molecule has 0 unspecified atom stereocenters. The van der Waals surface area contributed by atoms with Gasteiger partial charge in [0, 0.05) is 28.1 Å². The molecule has 0 bridgehead atoms. The smallest absolute Gasteiger partial charge is 0.255 e. The molecule has 1 amide bonds. The van der Waals surface area contributed by atoms with Crippen molar-refractivity contribution in [2.45, 2.75) is 0 Å². The highest BCUT2D eigenvalue weighted by Gasteiger charge is 2.13. The van der Waals surface area contributed by atoms with Crippen molar-refractivity contribution >= 4 is 22.4 Å². The van der Waals surface area contributed by atoms with E-state index in [9.17, 15) is 4.79 Å². The zero-order valence-corrected chi connectivity index (χ0v) is 14.3. The lowest BCUT2D eigenvalue weighted by molar-refractivity contribution is 0.102. The number of fused-ring (bicyclic) bond motifs is 1. The van der Waals surface area contributed by atoms with Crippen LogP contribution in [-0.4, -0.2) is 27.2 Å². The molecule has 0 saturated carbocycles. The number of hydrogen-bond acceptors (Lipinski definition) is 4. The van der Waals surface area contributed by atoms with Gasteiger partial charge in [-0.25, -0.2) is 0 Å². The maximum atomic E-state index is 12.7. The summed E-state index contributed by atoms with van der Waals surface area (Å²) >= 11 is 0. The quantitative estimate of drug-likeness (QED) is 0.761. The number of benzene rings is 3. The number of rotatable bonds is 5. The Bertz CT molecular complexity index is 898. The topological polar surface area (TPSA) is 56.8 Å². The molecular weight excluding hydrogens is 318 g/mol. The van der Waals surface area contributed by atoms with Gasteiger partial charge in [-0.05, 0) is 24.3 Å². The highest BCUT2D eigenvalue weighted by atomic mass is 16.5. The van der Waals surface area contributed by atoms with E-state index in [0.29, 0.717) is 22.7 Å². The van der Waals surface area contributed by atoms with Crippen molar-refractivity contribution in [1.82, 2.24) is 0 Å². The van der Waals surface area contributed by atoms with Crippen molar-refractivity contribution in [1.29, 1.82) is 0 Å². The number of nitrogens with one attached hydrogen (secondary N) is 1. The second kappa shape index (κ2) is 7.13. The Kier molecular flexibility index (Phi) is 4.75. The zero-order valence-electron chi connectivity index (χ0n) is 14.3. The number of hydrogen-bond donors (Lipinski definition) is 1. The molecule has 25 heavy (non-hydrogen) atoms. The van der Waals surface area contributed by atoms with E-state index in [-0.39, 0.29) is 5.91 Å². The van der Waals surface area contributed by atoms with Gasteiger partial charge in [0.15, 0.2) is 0 Å². The molecular formula is C20H19NO4. The first-order valence-corrected chi connectivity index (χ1v) is 7.76. The van der Waals surface area contributed by atoms with Crippen molar-refractivity contribution in [3.63, 3.8) is 0 Å². The molecule has 0 saturated heterocycles. The third-order valence-corrected chi connectivity index (χ3v) is 3.97. The molecule has 0 aliphatic heterocycles. The van der Waals surface area contributed by atoms with Crippen LogP contribution in [0.15, 0.2) is 54.6 Å². The van der Waals surface area contributed by atoms with Gasteiger partial charge in [-0.2, -0.15) is 0 Å². The molecule has 5 heteroatoms. The van der Waals surface area contributed by atoms with Gasteiger partial charge in [-0.1, -0.05) is 24.3 Å². The van der Waals surface area contributed by atoms with Crippen LogP contribution in [0.1, 0.15) is 10.4 Å². The molecule has 0 radical (unpaired) electrons. The predicted octanol–water partition coefficient (Wildman–Crippen LogP) is 4.12. The molecule has 0 atom stereocenters. The predicted molar refractivity (Wildman–Crippen MR) is 98.0 cm³/mol. The summed E-state index contributed by atoms with van der Waals surface area (Å²) in [5, 5.41) is 4.79. The third-order valence-electron chi connectivity index (χ3n) is 3.97. The number of carbonyl (C=O) groups excluding carboxylic acids is 1. The molecule has 3 aromatic carbocycles. The van der Waals surface area contributed by atoms with E-state index < -0.39 is 0 Å². The number of ether oxygens (including phenoxy) is 3. The molecule has 5 nitrogen and oxygen atoms in total. The minimum absolute atomic E-state index is 0.243. The molecule has 0 aliphatic rings. The fraction of sp³-hybridized carbons (Fsp3) is 0.150. The van der Waals surface area contributed by atoms with E-state index in [1.807, 2.05) is 36.4 Å². The van der Waals surface area contributed by atoms with Crippen LogP contribution in [0.4, 0.5) is 5.69 Å². The first-order valence-electron chi connectivity index (χ1n) is 7.76. The van der Waals surface area contributed by atoms with Crippen LogP contribution in [0.25, 0.3) is 10.8 Å². The molecule has 1 N–H and O–H groups in total. The van der Waals surface area contributed by atoms with Crippen molar-refractivity contribution in [2.24, 2.45) is 0 Å². The summed E-state index contributed by atoms with van der Waals surface area (Å²) in [6.07, 6.45) is 0. The number of carbonyl (C=O) groups is 1. The van der Waals surface area contributed by atoms with Gasteiger partial charge in [0.25, 0.3) is 5.91 Å². The molecule has 0 spiro atoms. The van der Waals surface area contributed by atoms with Gasteiger partial charge in [-0.15, -0.1) is 0 Å². The Morgan fingerprint density at radius 2 is 1.44 bits per heavy atom. The van der Waals surface area contributed by atoms with Gasteiger partial charge < -0.3 is 19.5 Å². The molecule has 0 fully saturated rings. The van der Waals surface area contributed by atoms with Crippen LogP contribution in [0, 0.1) is 0 Å². The lowest BCUT2D eigenvalue weighted by atomic mass is 10.1. The van der Waals surface area contributed by atoms with E-state index in [2.05, 4.69) is 5.32 Å². The highest BCUT2D eigenvalue weighted by Crippen LogP contribution is 2.32. The normalized spacial score (nSPS) is 10.4. The molecule has 3 rings (SSSR count). The monoisotopic (exact) mass is 337 g/mol. The summed E-state index contributed by atoms with van der Waals surface area (Å²) in [7, 11) is 4.73. The van der Waals surface area contributed by atoms with Gasteiger partial charge in [0.2, 0.25) is 0 Å². The van der Waals surface area contributed by atoms with Gasteiger partial charge >= 0.3 is 0 Å². The summed E-state index contributed by atoms with van der Waals surface area (Å²) in [5.41, 5.74) is 1.17. The van der Waals surface area contributed by atoms with E-state index in [0.717, 1.165) is 16.5 Å². The fourth-order valence-electron chi connectivity index (χ4n) is 2.69. The van der Waals surface area contributed by atoms with Gasteiger partial charge in [0.1, 0.15) is 17.2 Å². The molecule has 0 heterocycles. The first kappa shape index (κ1) is 16.6. The SMILES string of the molecule is COc1cc(OC)cc(C(=O)Nc2ccc(OC)c3ccccc23)c1. The standard InChI is InChI=1S/C20H19NO4/c1-23-14-10-13(11-15(12-14)24-2)20(22)21-18-8-9-19(25-3)17-7-5-4-6-16(17)18/h4-12H,1-3H3,(H,21,22). The average molecular weight is 337 g/mol. The lowest BCUT2D eigenvalue weighted by Crippen LogP contribution is -2.12. The Labute approximate surface area is 146 Å². The third kappa shape index (κ3) is 3.35. The molecule has 0 aliphatic carbocycles. The maximum Gasteiger partial charge on any atom is 0.255 e. The summed E-state index contributed by atoms with van der Waals surface area (Å²) in [4.78, 5) is 12.7. The molecule has 128 valence electrons. The van der Waals surface area contributed by atoms with Crippen molar-refractivity contribution in [3.8, 4) is 17.2 Å². The average Bonchev–Trinajstić information content (AvgIpc) is 2.67. The zero-order chi connectivity index (χ0) is 17.8. The number of amides is 1. The summed E-state index contributed by atoms with van der Waals surface area (Å²) in [6, 6.07) is 16.5. The van der Waals surface area contributed by atoms with Crippen molar-refractivity contribution < 1.29 is 19.0 Å².